The number of carbonyl (C=O) groups excluding carboxylic acids is 1. The smallest absolute Gasteiger partial charge is 0.407 e. The minimum atomic E-state index is -0.743. The average Bonchev–Trinajstić information content (AvgIpc) is 3.14. The second-order valence-electron chi connectivity index (χ2n) is 7.55. The maximum atomic E-state index is 12.2. The van der Waals surface area contributed by atoms with E-state index in [1.54, 1.807) is 0 Å². The van der Waals surface area contributed by atoms with Crippen LogP contribution < -0.4 is 5.32 Å². The van der Waals surface area contributed by atoms with Crippen LogP contribution >= 0.6 is 0 Å². The minimum absolute atomic E-state index is 0.0357. The molecular formula is C21H19NO4. The number of rotatable bonds is 4. The molecule has 0 spiro atoms. The molecule has 3 atom stereocenters. The van der Waals surface area contributed by atoms with E-state index in [-0.39, 0.29) is 24.5 Å². The molecule has 26 heavy (non-hydrogen) atoms. The lowest BCUT2D eigenvalue weighted by molar-refractivity contribution is -0.147. The van der Waals surface area contributed by atoms with E-state index in [4.69, 9.17) is 4.74 Å². The fourth-order valence-corrected chi connectivity index (χ4v) is 4.75. The summed E-state index contributed by atoms with van der Waals surface area (Å²) in [6.07, 6.45) is 0.719. The van der Waals surface area contributed by atoms with Gasteiger partial charge in [0.25, 0.3) is 0 Å². The fourth-order valence-electron chi connectivity index (χ4n) is 4.75. The Hall–Kier alpha value is -2.82. The molecule has 0 aliphatic heterocycles. The number of carboxylic acid groups (broad SMARTS) is 1. The van der Waals surface area contributed by atoms with Crippen LogP contribution in [-0.4, -0.2) is 29.8 Å². The van der Waals surface area contributed by atoms with Crippen LogP contribution in [0.15, 0.2) is 48.5 Å². The van der Waals surface area contributed by atoms with Gasteiger partial charge in [0.1, 0.15) is 6.61 Å². The third-order valence-electron chi connectivity index (χ3n) is 6.28. The Labute approximate surface area is 151 Å². The Morgan fingerprint density at radius 2 is 1.65 bits per heavy atom. The number of ether oxygens (including phenoxy) is 1. The first-order chi connectivity index (χ1) is 12.6. The number of alkyl carbamates (subject to hydrolysis) is 1. The van der Waals surface area contributed by atoms with Crippen LogP contribution in [0, 0.1) is 11.3 Å². The van der Waals surface area contributed by atoms with Gasteiger partial charge in [-0.05, 0) is 41.0 Å². The van der Waals surface area contributed by atoms with E-state index in [0.717, 1.165) is 0 Å². The first kappa shape index (κ1) is 15.4. The standard InChI is InChI=1S/C21H19NO4/c23-19(24)21-9-17(21)18(10-21)22-20(25)26-11-16-14-7-3-1-5-12(14)13-6-2-4-8-15(13)16/h1-8,16-18H,9-11H2,(H,22,25)(H,23,24)/t17-,18+,21-/m0/s1. The summed E-state index contributed by atoms with van der Waals surface area (Å²) in [6.45, 7) is 0.279. The minimum Gasteiger partial charge on any atom is -0.481 e. The lowest BCUT2D eigenvalue weighted by atomic mass is 9.80. The summed E-state index contributed by atoms with van der Waals surface area (Å²) < 4.78 is 5.51. The van der Waals surface area contributed by atoms with Gasteiger partial charge < -0.3 is 15.2 Å². The Morgan fingerprint density at radius 3 is 2.19 bits per heavy atom. The van der Waals surface area contributed by atoms with Gasteiger partial charge in [0.2, 0.25) is 0 Å². The molecule has 0 aromatic heterocycles. The molecule has 2 saturated carbocycles. The highest BCUT2D eigenvalue weighted by atomic mass is 16.5. The van der Waals surface area contributed by atoms with E-state index in [2.05, 4.69) is 29.6 Å². The second kappa shape index (κ2) is 5.34. The average molecular weight is 349 g/mol. The SMILES string of the molecule is O=C(N[C@@H]1C[C@@]2(C(=O)O)C[C@@H]12)OCC1c2ccccc2-c2ccccc21. The summed E-state index contributed by atoms with van der Waals surface area (Å²) in [4.78, 5) is 23.4. The molecular weight excluding hydrogens is 330 g/mol. The number of amides is 1. The zero-order valence-corrected chi connectivity index (χ0v) is 14.1. The van der Waals surface area contributed by atoms with E-state index in [0.29, 0.717) is 12.8 Å². The molecule has 5 heteroatoms. The van der Waals surface area contributed by atoms with Crippen molar-refractivity contribution in [2.24, 2.45) is 11.3 Å². The number of benzene rings is 2. The maximum Gasteiger partial charge on any atom is 0.407 e. The van der Waals surface area contributed by atoms with Crippen molar-refractivity contribution in [1.82, 2.24) is 5.32 Å². The van der Waals surface area contributed by atoms with Gasteiger partial charge in [-0.1, -0.05) is 48.5 Å². The van der Waals surface area contributed by atoms with Crippen LogP contribution in [0.1, 0.15) is 29.9 Å². The van der Waals surface area contributed by atoms with Gasteiger partial charge in [-0.15, -0.1) is 0 Å². The molecule has 132 valence electrons. The van der Waals surface area contributed by atoms with Gasteiger partial charge in [0.15, 0.2) is 0 Å². The Morgan fingerprint density at radius 1 is 1.04 bits per heavy atom. The number of fused-ring (bicyclic) bond motifs is 4. The predicted octanol–water partition coefficient (Wildman–Crippen LogP) is 3.39. The summed E-state index contributed by atoms with van der Waals surface area (Å²) in [5.41, 5.74) is 4.18. The van der Waals surface area contributed by atoms with Crippen molar-refractivity contribution >= 4 is 12.1 Å². The normalized spacial score (nSPS) is 27.5. The van der Waals surface area contributed by atoms with Gasteiger partial charge in [-0.25, -0.2) is 4.79 Å². The molecule has 0 saturated heterocycles. The third-order valence-corrected chi connectivity index (χ3v) is 6.28. The number of nitrogens with one attached hydrogen (secondary N) is 1. The van der Waals surface area contributed by atoms with Crippen molar-refractivity contribution in [1.29, 1.82) is 0 Å². The predicted molar refractivity (Wildman–Crippen MR) is 94.8 cm³/mol. The van der Waals surface area contributed by atoms with Crippen LogP contribution in [0.3, 0.4) is 0 Å². The van der Waals surface area contributed by atoms with Gasteiger partial charge in [-0.3, -0.25) is 4.79 Å². The lowest BCUT2D eigenvalue weighted by Gasteiger charge is -2.31. The molecule has 5 rings (SSSR count). The van der Waals surface area contributed by atoms with E-state index < -0.39 is 17.5 Å². The molecule has 2 aromatic rings. The molecule has 2 fully saturated rings. The second-order valence-corrected chi connectivity index (χ2v) is 7.55. The van der Waals surface area contributed by atoms with Crippen molar-refractivity contribution in [2.75, 3.05) is 6.61 Å². The molecule has 1 amide bonds. The van der Waals surface area contributed by atoms with E-state index in [1.807, 2.05) is 24.3 Å². The number of hydrogen-bond donors (Lipinski definition) is 2. The van der Waals surface area contributed by atoms with Gasteiger partial charge in [0, 0.05) is 12.0 Å². The van der Waals surface area contributed by atoms with Crippen LogP contribution in [0.25, 0.3) is 11.1 Å². The fraction of sp³-hybridized carbons (Fsp3) is 0.333. The monoisotopic (exact) mass is 349 g/mol. The van der Waals surface area contributed by atoms with E-state index in [1.165, 1.54) is 22.3 Å². The number of carbonyl (C=O) groups is 2. The summed E-state index contributed by atoms with van der Waals surface area (Å²) in [5.74, 6) is -0.637. The number of carboxylic acids is 1. The van der Waals surface area contributed by atoms with Crippen molar-refractivity contribution in [2.45, 2.75) is 24.8 Å². The van der Waals surface area contributed by atoms with Gasteiger partial charge >= 0.3 is 12.1 Å². The Balaban J connectivity index is 1.25. The van der Waals surface area contributed by atoms with Crippen molar-refractivity contribution in [3.8, 4) is 11.1 Å². The van der Waals surface area contributed by atoms with Crippen molar-refractivity contribution < 1.29 is 19.4 Å². The molecule has 2 N–H and O–H groups in total. The quantitative estimate of drug-likeness (QED) is 0.887. The van der Waals surface area contributed by atoms with E-state index in [9.17, 15) is 14.7 Å². The van der Waals surface area contributed by atoms with Crippen LogP contribution in [-0.2, 0) is 9.53 Å². The molecule has 0 radical (unpaired) electrons. The van der Waals surface area contributed by atoms with Gasteiger partial charge in [-0.2, -0.15) is 0 Å². The largest absolute Gasteiger partial charge is 0.481 e. The first-order valence-electron chi connectivity index (χ1n) is 8.95. The summed E-state index contributed by atoms with van der Waals surface area (Å²) >= 11 is 0. The molecule has 0 bridgehead atoms. The summed E-state index contributed by atoms with van der Waals surface area (Å²) in [5, 5.41) is 12.0. The third kappa shape index (κ3) is 2.09. The van der Waals surface area contributed by atoms with Crippen molar-refractivity contribution in [3.63, 3.8) is 0 Å². The van der Waals surface area contributed by atoms with Crippen molar-refractivity contribution in [3.05, 3.63) is 59.7 Å². The topological polar surface area (TPSA) is 75.6 Å². The summed E-state index contributed by atoms with van der Waals surface area (Å²) in [7, 11) is 0. The number of hydrogen-bond acceptors (Lipinski definition) is 3. The highest BCUT2D eigenvalue weighted by molar-refractivity contribution is 5.82. The highest BCUT2D eigenvalue weighted by Gasteiger charge is 2.72. The first-order valence-corrected chi connectivity index (χ1v) is 8.95. The molecule has 0 heterocycles. The Kier molecular flexibility index (Phi) is 3.17. The zero-order chi connectivity index (χ0) is 17.9. The Bertz CT molecular complexity index is 878. The van der Waals surface area contributed by atoms with Crippen LogP contribution in [0.4, 0.5) is 4.79 Å². The zero-order valence-electron chi connectivity index (χ0n) is 14.1. The lowest BCUT2D eigenvalue weighted by Crippen LogP contribution is -2.48. The molecule has 2 aromatic carbocycles. The maximum absolute atomic E-state index is 12.2. The molecule has 3 aliphatic carbocycles. The highest BCUT2D eigenvalue weighted by Crippen LogP contribution is 2.67. The number of aliphatic carboxylic acids is 1. The summed E-state index contributed by atoms with van der Waals surface area (Å²) in [6, 6.07) is 16.3. The van der Waals surface area contributed by atoms with E-state index >= 15 is 0 Å². The molecule has 3 aliphatic rings. The van der Waals surface area contributed by atoms with Gasteiger partial charge in [0.05, 0.1) is 5.41 Å². The molecule has 5 nitrogen and oxygen atoms in total. The van der Waals surface area contributed by atoms with Crippen LogP contribution in [0.2, 0.25) is 0 Å². The van der Waals surface area contributed by atoms with Crippen LogP contribution in [0.5, 0.6) is 0 Å². The molecule has 0 unspecified atom stereocenters.